The van der Waals surface area contributed by atoms with Crippen molar-refractivity contribution in [3.63, 3.8) is 0 Å². The maximum atomic E-state index is 10.6. The Balaban J connectivity index is 3.37. The van der Waals surface area contributed by atoms with Gasteiger partial charge in [-0.2, -0.15) is 0 Å². The Bertz CT molecular complexity index is 340. The first-order chi connectivity index (χ1) is 5.52. The number of aromatic carboxylic acids is 1. The molecular weight excluding hydrogens is 358 g/mol. The van der Waals surface area contributed by atoms with Gasteiger partial charge in [0.1, 0.15) is 9.21 Å². The second-order valence-corrected chi connectivity index (χ2v) is 4.26. The number of pyridine rings is 1. The van der Waals surface area contributed by atoms with Crippen molar-refractivity contribution in [3.8, 4) is 0 Å². The molecule has 1 aromatic rings. The van der Waals surface area contributed by atoms with Gasteiger partial charge in [0, 0.05) is 0 Å². The number of carbonyl (C=O) groups is 1. The van der Waals surface area contributed by atoms with Gasteiger partial charge in [-0.15, -0.1) is 0 Å². The zero-order chi connectivity index (χ0) is 9.30. The Labute approximate surface area is 93.6 Å². The second-order valence-electron chi connectivity index (χ2n) is 1.90. The third-order valence-electron chi connectivity index (χ3n) is 1.12. The molecule has 0 unspecified atom stereocenters. The standard InChI is InChI=1S/C6H2Br3NO2/c7-3-1-2(6(11)12)4(8)5(9)10-3/h1H,(H,11,12). The van der Waals surface area contributed by atoms with Crippen molar-refractivity contribution in [2.75, 3.05) is 0 Å². The lowest BCUT2D eigenvalue weighted by atomic mass is 10.3. The van der Waals surface area contributed by atoms with Crippen molar-refractivity contribution < 1.29 is 9.90 Å². The summed E-state index contributed by atoms with van der Waals surface area (Å²) in [7, 11) is 0. The molecule has 1 heterocycles. The molecule has 0 saturated heterocycles. The molecule has 0 atom stereocenters. The minimum Gasteiger partial charge on any atom is -0.478 e. The van der Waals surface area contributed by atoms with Gasteiger partial charge < -0.3 is 5.11 Å². The van der Waals surface area contributed by atoms with Crippen LogP contribution in [0.5, 0.6) is 0 Å². The largest absolute Gasteiger partial charge is 0.478 e. The molecule has 0 saturated carbocycles. The highest BCUT2D eigenvalue weighted by molar-refractivity contribution is 9.13. The van der Waals surface area contributed by atoms with Gasteiger partial charge in [0.2, 0.25) is 0 Å². The smallest absolute Gasteiger partial charge is 0.337 e. The Morgan fingerprint density at radius 2 is 2.00 bits per heavy atom. The third-order valence-corrected chi connectivity index (χ3v) is 3.43. The summed E-state index contributed by atoms with van der Waals surface area (Å²) in [6.07, 6.45) is 0. The minimum atomic E-state index is -0.995. The van der Waals surface area contributed by atoms with Crippen LogP contribution in [0.25, 0.3) is 0 Å². The van der Waals surface area contributed by atoms with Gasteiger partial charge in [-0.1, -0.05) is 0 Å². The summed E-state index contributed by atoms with van der Waals surface area (Å²) >= 11 is 9.31. The Morgan fingerprint density at radius 3 is 2.50 bits per heavy atom. The number of aromatic nitrogens is 1. The van der Waals surface area contributed by atoms with E-state index in [4.69, 9.17) is 5.11 Å². The molecule has 6 heteroatoms. The molecule has 0 fully saturated rings. The molecule has 64 valence electrons. The summed E-state index contributed by atoms with van der Waals surface area (Å²) < 4.78 is 1.39. The van der Waals surface area contributed by atoms with Crippen molar-refractivity contribution in [2.24, 2.45) is 0 Å². The van der Waals surface area contributed by atoms with Crippen molar-refractivity contribution in [1.82, 2.24) is 4.98 Å². The Kier molecular flexibility index (Phi) is 3.25. The van der Waals surface area contributed by atoms with E-state index in [1.165, 1.54) is 6.07 Å². The Hall–Kier alpha value is 0.0600. The predicted octanol–water partition coefficient (Wildman–Crippen LogP) is 3.07. The van der Waals surface area contributed by atoms with Crippen LogP contribution in [0, 0.1) is 0 Å². The molecule has 3 nitrogen and oxygen atoms in total. The van der Waals surface area contributed by atoms with Crippen molar-refractivity contribution >= 4 is 53.8 Å². The van der Waals surface area contributed by atoms with Crippen molar-refractivity contribution in [2.45, 2.75) is 0 Å². The highest BCUT2D eigenvalue weighted by Gasteiger charge is 2.12. The summed E-state index contributed by atoms with van der Waals surface area (Å²) in [5, 5.41) is 8.72. The average molecular weight is 360 g/mol. The van der Waals surface area contributed by atoms with E-state index >= 15 is 0 Å². The number of halogens is 3. The number of carboxylic acids is 1. The molecule has 1 aromatic heterocycles. The third kappa shape index (κ3) is 2.05. The van der Waals surface area contributed by atoms with Gasteiger partial charge in [0.15, 0.2) is 0 Å². The van der Waals surface area contributed by atoms with Crippen LogP contribution in [-0.2, 0) is 0 Å². The molecule has 0 aliphatic heterocycles. The quantitative estimate of drug-likeness (QED) is 0.784. The van der Waals surface area contributed by atoms with Crippen LogP contribution >= 0.6 is 47.8 Å². The second kappa shape index (κ2) is 3.85. The molecule has 1 N–H and O–H groups in total. The van der Waals surface area contributed by atoms with Crippen LogP contribution in [0.2, 0.25) is 0 Å². The van der Waals surface area contributed by atoms with E-state index in [0.717, 1.165) is 0 Å². The number of hydrogen-bond acceptors (Lipinski definition) is 2. The molecule has 0 bridgehead atoms. The van der Waals surface area contributed by atoms with E-state index < -0.39 is 5.97 Å². The first-order valence-electron chi connectivity index (χ1n) is 2.77. The van der Waals surface area contributed by atoms with Crippen molar-refractivity contribution in [1.29, 1.82) is 0 Å². The maximum Gasteiger partial charge on any atom is 0.337 e. The fourth-order valence-electron chi connectivity index (χ4n) is 0.624. The van der Waals surface area contributed by atoms with E-state index in [0.29, 0.717) is 13.7 Å². The fourth-order valence-corrected chi connectivity index (χ4v) is 2.05. The van der Waals surface area contributed by atoms with Crippen LogP contribution in [0.1, 0.15) is 10.4 Å². The lowest BCUT2D eigenvalue weighted by Crippen LogP contribution is -1.99. The zero-order valence-electron chi connectivity index (χ0n) is 5.51. The zero-order valence-corrected chi connectivity index (χ0v) is 10.3. The van der Waals surface area contributed by atoms with Crippen molar-refractivity contribution in [3.05, 3.63) is 25.3 Å². The topological polar surface area (TPSA) is 50.2 Å². The maximum absolute atomic E-state index is 10.6. The Morgan fingerprint density at radius 1 is 1.42 bits per heavy atom. The molecule has 1 rings (SSSR count). The lowest BCUT2D eigenvalue weighted by Gasteiger charge is -2.00. The van der Waals surface area contributed by atoms with E-state index in [-0.39, 0.29) is 5.56 Å². The predicted molar refractivity (Wildman–Crippen MR) is 54.3 cm³/mol. The minimum absolute atomic E-state index is 0.170. The average Bonchev–Trinajstić information content (AvgIpc) is 1.96. The van der Waals surface area contributed by atoms with Crippen LogP contribution in [-0.4, -0.2) is 16.1 Å². The SMILES string of the molecule is O=C(O)c1cc(Br)nc(Br)c1Br. The number of carboxylic acid groups (broad SMARTS) is 1. The molecule has 0 amide bonds. The van der Waals surface area contributed by atoms with E-state index in [1.54, 1.807) is 0 Å². The van der Waals surface area contributed by atoms with E-state index in [9.17, 15) is 4.79 Å². The number of rotatable bonds is 1. The van der Waals surface area contributed by atoms with Gasteiger partial charge in [0.25, 0.3) is 0 Å². The summed E-state index contributed by atoms with van der Waals surface area (Å²) in [5.41, 5.74) is 0.170. The van der Waals surface area contributed by atoms with E-state index in [2.05, 4.69) is 52.8 Å². The lowest BCUT2D eigenvalue weighted by molar-refractivity contribution is 0.0695. The van der Waals surface area contributed by atoms with Crippen LogP contribution in [0.15, 0.2) is 19.7 Å². The van der Waals surface area contributed by atoms with Gasteiger partial charge >= 0.3 is 5.97 Å². The highest BCUT2D eigenvalue weighted by Crippen LogP contribution is 2.27. The first kappa shape index (κ1) is 10.1. The summed E-state index contributed by atoms with van der Waals surface area (Å²) in [4.78, 5) is 14.6. The van der Waals surface area contributed by atoms with Gasteiger partial charge in [-0.3, -0.25) is 0 Å². The van der Waals surface area contributed by atoms with Gasteiger partial charge in [-0.25, -0.2) is 9.78 Å². The molecule has 0 radical (unpaired) electrons. The monoisotopic (exact) mass is 357 g/mol. The summed E-state index contributed by atoms with van der Waals surface area (Å²) in [5.74, 6) is -0.995. The molecule has 12 heavy (non-hydrogen) atoms. The molecule has 0 aromatic carbocycles. The summed E-state index contributed by atoms with van der Waals surface area (Å²) in [6, 6.07) is 1.43. The molecule has 0 aliphatic carbocycles. The fraction of sp³-hybridized carbons (Fsp3) is 0. The number of hydrogen-bond donors (Lipinski definition) is 1. The van der Waals surface area contributed by atoms with Crippen LogP contribution in [0.4, 0.5) is 0 Å². The summed E-state index contributed by atoms with van der Waals surface area (Å²) in [6.45, 7) is 0. The first-order valence-corrected chi connectivity index (χ1v) is 5.15. The van der Waals surface area contributed by atoms with Crippen LogP contribution < -0.4 is 0 Å². The van der Waals surface area contributed by atoms with Gasteiger partial charge in [0.05, 0.1) is 10.0 Å². The molecule has 0 spiro atoms. The van der Waals surface area contributed by atoms with Gasteiger partial charge in [-0.05, 0) is 53.9 Å². The molecule has 0 aliphatic rings. The molecular formula is C6H2Br3NO2. The van der Waals surface area contributed by atoms with E-state index in [1.807, 2.05) is 0 Å². The highest BCUT2D eigenvalue weighted by atomic mass is 79.9. The van der Waals surface area contributed by atoms with Crippen LogP contribution in [0.3, 0.4) is 0 Å². The normalized spacial score (nSPS) is 9.92. The number of nitrogens with zero attached hydrogens (tertiary/aromatic N) is 1.